The molecule has 1 aromatic carbocycles. The zero-order valence-corrected chi connectivity index (χ0v) is 14.5. The van der Waals surface area contributed by atoms with E-state index in [9.17, 15) is 9.18 Å². The summed E-state index contributed by atoms with van der Waals surface area (Å²) in [6, 6.07) is 7.73. The monoisotopic (exact) mass is 354 g/mol. The summed E-state index contributed by atoms with van der Waals surface area (Å²) in [4.78, 5) is 21.1. The Bertz CT molecular complexity index is 931. The molecule has 1 saturated heterocycles. The predicted molar refractivity (Wildman–Crippen MR) is 94.7 cm³/mol. The lowest BCUT2D eigenvalue weighted by Gasteiger charge is -2.35. The van der Waals surface area contributed by atoms with E-state index in [2.05, 4.69) is 27.0 Å². The van der Waals surface area contributed by atoms with Gasteiger partial charge in [0.2, 0.25) is 0 Å². The van der Waals surface area contributed by atoms with E-state index >= 15 is 0 Å². The number of hydrogen-bond donors (Lipinski definition) is 0. The minimum atomic E-state index is -0.340. The minimum absolute atomic E-state index is 0.0697. The summed E-state index contributed by atoms with van der Waals surface area (Å²) in [5, 5.41) is 7.98. The molecule has 8 heteroatoms. The standard InChI is InChI=1S/C18H19FN6O/c1-2-15-11-16(21-18-22-20-12-25(15)18)23-7-9-24(10-8-23)17(26)13-3-5-14(19)6-4-13/h3-6,11-12H,2,7-10H2,1H3. The SMILES string of the molecule is CCc1cc(N2CCN(C(=O)c3ccc(F)cc3)CC2)nc2nncn12. The molecule has 0 N–H and O–H groups in total. The third-order valence-electron chi connectivity index (χ3n) is 4.69. The van der Waals surface area contributed by atoms with Crippen molar-refractivity contribution in [2.24, 2.45) is 0 Å². The summed E-state index contributed by atoms with van der Waals surface area (Å²) in [6.07, 6.45) is 2.53. The van der Waals surface area contributed by atoms with Crippen LogP contribution < -0.4 is 4.90 Å². The van der Waals surface area contributed by atoms with Gasteiger partial charge in [0.15, 0.2) is 0 Å². The highest BCUT2D eigenvalue weighted by molar-refractivity contribution is 5.94. The lowest BCUT2D eigenvalue weighted by atomic mass is 10.1. The quantitative estimate of drug-likeness (QED) is 0.717. The van der Waals surface area contributed by atoms with E-state index in [0.29, 0.717) is 37.5 Å². The van der Waals surface area contributed by atoms with E-state index in [-0.39, 0.29) is 11.7 Å². The maximum absolute atomic E-state index is 13.0. The number of piperazine rings is 1. The topological polar surface area (TPSA) is 66.6 Å². The number of fused-ring (bicyclic) bond motifs is 1. The molecule has 2 aromatic heterocycles. The van der Waals surface area contributed by atoms with Crippen molar-refractivity contribution in [3.8, 4) is 0 Å². The number of carbonyl (C=O) groups is 1. The Morgan fingerprint density at radius 1 is 1.15 bits per heavy atom. The third-order valence-corrected chi connectivity index (χ3v) is 4.69. The van der Waals surface area contributed by atoms with Gasteiger partial charge in [-0.3, -0.25) is 9.20 Å². The highest BCUT2D eigenvalue weighted by Gasteiger charge is 2.23. The van der Waals surface area contributed by atoms with Crippen molar-refractivity contribution in [2.45, 2.75) is 13.3 Å². The zero-order chi connectivity index (χ0) is 18.1. The molecule has 3 heterocycles. The maximum atomic E-state index is 13.0. The summed E-state index contributed by atoms with van der Waals surface area (Å²) in [5.74, 6) is 1.04. The first-order valence-electron chi connectivity index (χ1n) is 8.65. The van der Waals surface area contributed by atoms with Crippen molar-refractivity contribution in [1.82, 2.24) is 24.5 Å². The van der Waals surface area contributed by atoms with Gasteiger partial charge in [-0.2, -0.15) is 4.98 Å². The molecular weight excluding hydrogens is 335 g/mol. The molecule has 7 nitrogen and oxygen atoms in total. The molecule has 1 fully saturated rings. The van der Waals surface area contributed by atoms with E-state index in [0.717, 1.165) is 17.9 Å². The van der Waals surface area contributed by atoms with Crippen LogP contribution in [0.2, 0.25) is 0 Å². The van der Waals surface area contributed by atoms with Crippen molar-refractivity contribution in [3.63, 3.8) is 0 Å². The number of anilines is 1. The van der Waals surface area contributed by atoms with Gasteiger partial charge in [0, 0.05) is 43.5 Å². The normalized spacial score (nSPS) is 14.8. The molecule has 1 amide bonds. The highest BCUT2D eigenvalue weighted by atomic mass is 19.1. The number of nitrogens with zero attached hydrogens (tertiary/aromatic N) is 6. The van der Waals surface area contributed by atoms with Crippen LogP contribution in [-0.2, 0) is 6.42 Å². The van der Waals surface area contributed by atoms with E-state index in [1.54, 1.807) is 11.2 Å². The van der Waals surface area contributed by atoms with Gasteiger partial charge in [-0.15, -0.1) is 10.2 Å². The number of hydrogen-bond acceptors (Lipinski definition) is 5. The van der Waals surface area contributed by atoms with Crippen LogP contribution in [-0.4, -0.2) is 56.6 Å². The van der Waals surface area contributed by atoms with Crippen molar-refractivity contribution in [2.75, 3.05) is 31.1 Å². The summed E-state index contributed by atoms with van der Waals surface area (Å²) in [7, 11) is 0. The Hall–Kier alpha value is -3.03. The van der Waals surface area contributed by atoms with E-state index < -0.39 is 0 Å². The van der Waals surface area contributed by atoms with Gasteiger partial charge in [0.25, 0.3) is 11.7 Å². The van der Waals surface area contributed by atoms with Gasteiger partial charge in [-0.05, 0) is 30.7 Å². The number of aromatic nitrogens is 4. The second-order valence-corrected chi connectivity index (χ2v) is 6.25. The lowest BCUT2D eigenvalue weighted by molar-refractivity contribution is 0.0746. The van der Waals surface area contributed by atoms with Gasteiger partial charge in [-0.25, -0.2) is 4.39 Å². The molecule has 0 atom stereocenters. The second kappa shape index (κ2) is 6.70. The third kappa shape index (κ3) is 2.98. The Morgan fingerprint density at radius 3 is 2.58 bits per heavy atom. The zero-order valence-electron chi connectivity index (χ0n) is 14.5. The number of aryl methyl sites for hydroxylation is 1. The molecule has 3 aromatic rings. The van der Waals surface area contributed by atoms with Crippen LogP contribution in [0, 0.1) is 5.82 Å². The minimum Gasteiger partial charge on any atom is -0.353 e. The summed E-state index contributed by atoms with van der Waals surface area (Å²) in [5.41, 5.74) is 1.61. The number of carbonyl (C=O) groups excluding carboxylic acids is 1. The first-order chi connectivity index (χ1) is 12.7. The molecule has 1 aliphatic heterocycles. The van der Waals surface area contributed by atoms with Crippen molar-refractivity contribution >= 4 is 17.5 Å². The molecule has 0 bridgehead atoms. The van der Waals surface area contributed by atoms with Gasteiger partial charge in [-0.1, -0.05) is 6.92 Å². The first kappa shape index (κ1) is 16.4. The fourth-order valence-corrected chi connectivity index (χ4v) is 3.21. The number of benzene rings is 1. The average Bonchev–Trinajstić information content (AvgIpc) is 3.16. The molecule has 4 rings (SSSR count). The van der Waals surface area contributed by atoms with Crippen molar-refractivity contribution < 1.29 is 9.18 Å². The first-order valence-corrected chi connectivity index (χ1v) is 8.65. The molecule has 0 aliphatic carbocycles. The average molecular weight is 354 g/mol. The Labute approximate surface area is 150 Å². The predicted octanol–water partition coefficient (Wildman–Crippen LogP) is 1.79. The van der Waals surface area contributed by atoms with Crippen LogP contribution in [0.15, 0.2) is 36.7 Å². The van der Waals surface area contributed by atoms with Gasteiger partial charge < -0.3 is 9.80 Å². The fraction of sp³-hybridized carbons (Fsp3) is 0.333. The van der Waals surface area contributed by atoms with E-state index in [4.69, 9.17) is 0 Å². The number of halogens is 1. The molecule has 26 heavy (non-hydrogen) atoms. The highest BCUT2D eigenvalue weighted by Crippen LogP contribution is 2.18. The molecule has 134 valence electrons. The van der Waals surface area contributed by atoms with Crippen LogP contribution in [0.3, 0.4) is 0 Å². The van der Waals surface area contributed by atoms with Crippen LogP contribution in [0.5, 0.6) is 0 Å². The summed E-state index contributed by atoms with van der Waals surface area (Å²) in [6.45, 7) is 4.65. The Kier molecular flexibility index (Phi) is 4.24. The molecular formula is C18H19FN6O. The van der Waals surface area contributed by atoms with Crippen LogP contribution >= 0.6 is 0 Å². The second-order valence-electron chi connectivity index (χ2n) is 6.25. The lowest BCUT2D eigenvalue weighted by Crippen LogP contribution is -2.49. The van der Waals surface area contributed by atoms with E-state index in [1.165, 1.54) is 24.3 Å². The molecule has 0 saturated carbocycles. The van der Waals surface area contributed by atoms with Crippen LogP contribution in [0.4, 0.5) is 10.2 Å². The smallest absolute Gasteiger partial charge is 0.256 e. The largest absolute Gasteiger partial charge is 0.353 e. The van der Waals surface area contributed by atoms with Crippen molar-refractivity contribution in [3.05, 3.63) is 53.7 Å². The number of rotatable bonds is 3. The maximum Gasteiger partial charge on any atom is 0.256 e. The van der Waals surface area contributed by atoms with Gasteiger partial charge >= 0.3 is 0 Å². The molecule has 0 radical (unpaired) electrons. The molecule has 1 aliphatic rings. The van der Waals surface area contributed by atoms with E-state index in [1.807, 2.05) is 10.5 Å². The summed E-state index contributed by atoms with van der Waals surface area (Å²) < 4.78 is 14.9. The molecule has 0 spiro atoms. The van der Waals surface area contributed by atoms with Gasteiger partial charge in [0.1, 0.15) is 18.0 Å². The fourth-order valence-electron chi connectivity index (χ4n) is 3.21. The van der Waals surface area contributed by atoms with Gasteiger partial charge in [0.05, 0.1) is 0 Å². The number of amides is 1. The Balaban J connectivity index is 1.48. The van der Waals surface area contributed by atoms with Crippen LogP contribution in [0.1, 0.15) is 23.0 Å². The molecule has 0 unspecified atom stereocenters. The van der Waals surface area contributed by atoms with Crippen molar-refractivity contribution in [1.29, 1.82) is 0 Å². The van der Waals surface area contributed by atoms with Crippen LogP contribution in [0.25, 0.3) is 5.78 Å². The summed E-state index contributed by atoms with van der Waals surface area (Å²) >= 11 is 0. The Morgan fingerprint density at radius 2 is 1.88 bits per heavy atom.